The van der Waals surface area contributed by atoms with Crippen LogP contribution in [0.1, 0.15) is 40.5 Å². The van der Waals surface area contributed by atoms with Crippen molar-refractivity contribution >= 4 is 22.4 Å². The van der Waals surface area contributed by atoms with E-state index < -0.39 is 10.0 Å². The summed E-state index contributed by atoms with van der Waals surface area (Å²) >= 11 is 0. The van der Waals surface area contributed by atoms with Gasteiger partial charge in [-0.25, -0.2) is 13.1 Å². The predicted molar refractivity (Wildman–Crippen MR) is 75.9 cm³/mol. The molecule has 0 saturated carbocycles. The van der Waals surface area contributed by atoms with Gasteiger partial charge in [0.25, 0.3) is 0 Å². The highest BCUT2D eigenvalue weighted by Crippen LogP contribution is 2.07. The molecule has 0 aliphatic carbocycles. The largest absolute Gasteiger partial charge is 0.329 e. The van der Waals surface area contributed by atoms with Crippen molar-refractivity contribution in [1.82, 2.24) is 4.72 Å². The van der Waals surface area contributed by atoms with Crippen LogP contribution in [0.15, 0.2) is 0 Å². The number of halogens is 1. The number of nitrogens with two attached hydrogens (primary N) is 1. The zero-order valence-electron chi connectivity index (χ0n) is 11.3. The van der Waals surface area contributed by atoms with Gasteiger partial charge in [-0.2, -0.15) is 0 Å². The van der Waals surface area contributed by atoms with Crippen molar-refractivity contribution in [3.63, 3.8) is 0 Å². The molecule has 0 aliphatic rings. The quantitative estimate of drug-likeness (QED) is 0.714. The maximum Gasteiger partial charge on any atom is 0.211 e. The minimum atomic E-state index is -3.16. The maximum atomic E-state index is 11.7. The second-order valence-corrected chi connectivity index (χ2v) is 7.05. The standard InChI is InChI=1S/C11H26N2O2S.ClH/c1-9(2)5-6-16(14,15)13-11(8-12)7-10(3)4;/h9-11,13H,5-8,12H2,1-4H3;1H. The van der Waals surface area contributed by atoms with E-state index in [-0.39, 0.29) is 24.2 Å². The molecule has 3 N–H and O–H groups in total. The summed E-state index contributed by atoms with van der Waals surface area (Å²) in [4.78, 5) is 0. The van der Waals surface area contributed by atoms with E-state index in [4.69, 9.17) is 5.73 Å². The second-order valence-electron chi connectivity index (χ2n) is 5.18. The van der Waals surface area contributed by atoms with Crippen molar-refractivity contribution in [3.05, 3.63) is 0 Å². The summed E-state index contributed by atoms with van der Waals surface area (Å²) in [6.45, 7) is 8.52. The third-order valence-corrected chi connectivity index (χ3v) is 3.82. The Labute approximate surface area is 112 Å². The van der Waals surface area contributed by atoms with E-state index in [2.05, 4.69) is 18.6 Å². The van der Waals surface area contributed by atoms with E-state index in [9.17, 15) is 8.42 Å². The molecule has 6 heteroatoms. The number of hydrogen-bond acceptors (Lipinski definition) is 3. The fourth-order valence-corrected chi connectivity index (χ4v) is 3.07. The second kappa shape index (κ2) is 9.14. The van der Waals surface area contributed by atoms with Gasteiger partial charge in [0.1, 0.15) is 0 Å². The van der Waals surface area contributed by atoms with Gasteiger partial charge in [0.15, 0.2) is 0 Å². The minimum Gasteiger partial charge on any atom is -0.329 e. The topological polar surface area (TPSA) is 72.2 Å². The van der Waals surface area contributed by atoms with Crippen molar-refractivity contribution in [2.45, 2.75) is 46.6 Å². The fourth-order valence-electron chi connectivity index (χ4n) is 1.47. The molecular weight excluding hydrogens is 260 g/mol. The van der Waals surface area contributed by atoms with Gasteiger partial charge < -0.3 is 5.73 Å². The van der Waals surface area contributed by atoms with Gasteiger partial charge in [-0.3, -0.25) is 0 Å². The molecule has 0 rings (SSSR count). The monoisotopic (exact) mass is 286 g/mol. The molecule has 0 aromatic rings. The Morgan fingerprint density at radius 3 is 2.00 bits per heavy atom. The van der Waals surface area contributed by atoms with Crippen molar-refractivity contribution in [3.8, 4) is 0 Å². The molecule has 0 fully saturated rings. The van der Waals surface area contributed by atoms with E-state index in [0.717, 1.165) is 6.42 Å². The lowest BCUT2D eigenvalue weighted by atomic mass is 10.1. The highest BCUT2D eigenvalue weighted by Gasteiger charge is 2.17. The molecule has 0 aromatic carbocycles. The lowest BCUT2D eigenvalue weighted by molar-refractivity contribution is 0.463. The average Bonchev–Trinajstić information content (AvgIpc) is 2.13. The van der Waals surface area contributed by atoms with Crippen molar-refractivity contribution in [2.24, 2.45) is 17.6 Å². The summed E-state index contributed by atoms with van der Waals surface area (Å²) in [6, 6.07) is -0.128. The SMILES string of the molecule is CC(C)CCS(=O)(=O)NC(CN)CC(C)C.Cl. The van der Waals surface area contributed by atoms with Gasteiger partial charge in [-0.15, -0.1) is 12.4 Å². The summed E-state index contributed by atoms with van der Waals surface area (Å²) in [5.41, 5.74) is 5.56. The van der Waals surface area contributed by atoms with Crippen LogP contribution in [0.25, 0.3) is 0 Å². The van der Waals surface area contributed by atoms with Crippen LogP contribution in [0.5, 0.6) is 0 Å². The van der Waals surface area contributed by atoms with Crippen molar-refractivity contribution < 1.29 is 8.42 Å². The summed E-state index contributed by atoms with van der Waals surface area (Å²) in [6.07, 6.45) is 1.48. The van der Waals surface area contributed by atoms with Crippen LogP contribution in [-0.4, -0.2) is 26.8 Å². The smallest absolute Gasteiger partial charge is 0.211 e. The molecule has 0 amide bonds. The van der Waals surface area contributed by atoms with Gasteiger partial charge >= 0.3 is 0 Å². The lowest BCUT2D eigenvalue weighted by Crippen LogP contribution is -2.42. The normalized spacial score (nSPS) is 13.8. The predicted octanol–water partition coefficient (Wildman–Crippen LogP) is 1.75. The number of rotatable bonds is 8. The molecule has 0 aromatic heterocycles. The van der Waals surface area contributed by atoms with Gasteiger partial charge in [-0.05, 0) is 24.7 Å². The molecular formula is C11H27ClN2O2S. The molecule has 0 spiro atoms. The Bertz CT molecular complexity index is 279. The van der Waals surface area contributed by atoms with E-state index in [1.165, 1.54) is 0 Å². The molecule has 0 bridgehead atoms. The first-order valence-corrected chi connectivity index (χ1v) is 7.62. The van der Waals surface area contributed by atoms with Crippen LogP contribution in [0, 0.1) is 11.8 Å². The average molecular weight is 287 g/mol. The number of nitrogens with one attached hydrogen (secondary N) is 1. The first-order valence-electron chi connectivity index (χ1n) is 5.97. The maximum absolute atomic E-state index is 11.7. The Morgan fingerprint density at radius 2 is 1.65 bits per heavy atom. The molecule has 4 nitrogen and oxygen atoms in total. The molecule has 0 saturated heterocycles. The zero-order chi connectivity index (χ0) is 12.8. The zero-order valence-corrected chi connectivity index (χ0v) is 12.9. The molecule has 0 radical (unpaired) electrons. The van der Waals surface area contributed by atoms with Crippen LogP contribution in [-0.2, 0) is 10.0 Å². The Kier molecular flexibility index (Phi) is 10.5. The summed E-state index contributed by atoms with van der Waals surface area (Å²) < 4.78 is 26.1. The number of sulfonamides is 1. The van der Waals surface area contributed by atoms with E-state index in [0.29, 0.717) is 24.8 Å². The van der Waals surface area contributed by atoms with Crippen LogP contribution in [0.2, 0.25) is 0 Å². The minimum absolute atomic E-state index is 0. The summed E-state index contributed by atoms with van der Waals surface area (Å²) in [5.74, 6) is 1.04. The highest BCUT2D eigenvalue weighted by atomic mass is 35.5. The third kappa shape index (κ3) is 11.0. The summed E-state index contributed by atoms with van der Waals surface area (Å²) in [5, 5.41) is 0. The van der Waals surface area contributed by atoms with Crippen LogP contribution < -0.4 is 10.5 Å². The number of hydrogen-bond donors (Lipinski definition) is 2. The van der Waals surface area contributed by atoms with Crippen molar-refractivity contribution in [1.29, 1.82) is 0 Å². The molecule has 0 heterocycles. The highest BCUT2D eigenvalue weighted by molar-refractivity contribution is 7.89. The first kappa shape index (κ1) is 19.5. The van der Waals surface area contributed by atoms with Gasteiger partial charge in [-0.1, -0.05) is 27.7 Å². The Balaban J connectivity index is 0. The van der Waals surface area contributed by atoms with E-state index >= 15 is 0 Å². The molecule has 1 atom stereocenters. The third-order valence-electron chi connectivity index (χ3n) is 2.35. The van der Waals surface area contributed by atoms with Gasteiger partial charge in [0.05, 0.1) is 5.75 Å². The van der Waals surface area contributed by atoms with Crippen LogP contribution >= 0.6 is 12.4 Å². The lowest BCUT2D eigenvalue weighted by Gasteiger charge is -2.19. The van der Waals surface area contributed by atoms with Crippen molar-refractivity contribution in [2.75, 3.05) is 12.3 Å². The Hall–Kier alpha value is 0.160. The molecule has 106 valence electrons. The molecule has 0 aliphatic heterocycles. The summed E-state index contributed by atoms with van der Waals surface area (Å²) in [7, 11) is -3.16. The van der Waals surface area contributed by atoms with Crippen LogP contribution in [0.4, 0.5) is 0 Å². The van der Waals surface area contributed by atoms with E-state index in [1.807, 2.05) is 13.8 Å². The fraction of sp³-hybridized carbons (Fsp3) is 1.00. The molecule has 17 heavy (non-hydrogen) atoms. The van der Waals surface area contributed by atoms with Crippen LogP contribution in [0.3, 0.4) is 0 Å². The van der Waals surface area contributed by atoms with E-state index in [1.54, 1.807) is 0 Å². The van der Waals surface area contributed by atoms with Gasteiger partial charge in [0.2, 0.25) is 10.0 Å². The Morgan fingerprint density at radius 1 is 1.12 bits per heavy atom. The first-order chi connectivity index (χ1) is 7.26. The molecule has 1 unspecified atom stereocenters. The van der Waals surface area contributed by atoms with Gasteiger partial charge in [0, 0.05) is 12.6 Å².